The second kappa shape index (κ2) is 8.53. The van der Waals surface area contributed by atoms with E-state index in [1.165, 1.54) is 12.1 Å². The number of aromatic nitrogens is 1. The smallest absolute Gasteiger partial charge is 0.242 e. The number of nitrogens with one attached hydrogen (secondary N) is 2. The average molecular weight is 356 g/mol. The van der Waals surface area contributed by atoms with E-state index in [9.17, 15) is 14.0 Å². The van der Waals surface area contributed by atoms with Crippen molar-refractivity contribution < 1.29 is 14.0 Å². The van der Waals surface area contributed by atoms with Gasteiger partial charge < -0.3 is 15.5 Å². The molecule has 1 unspecified atom stereocenters. The van der Waals surface area contributed by atoms with E-state index >= 15 is 0 Å². The minimum Gasteiger partial charge on any atom is -0.347 e. The standard InChI is InChI=1S/C19H21FN4O2/c20-16-5-1-3-14(9-16)10-18(25)23-13-19(26)24-8-7-22-12-17(24)15-4-2-6-21-11-15/h1-6,9,11,17,22H,7-8,10,12-13H2,(H,23,25). The Hall–Kier alpha value is -2.80. The molecule has 7 heteroatoms. The van der Waals surface area contributed by atoms with Gasteiger partial charge in [0.2, 0.25) is 11.8 Å². The number of rotatable bonds is 5. The van der Waals surface area contributed by atoms with Crippen LogP contribution in [0.4, 0.5) is 4.39 Å². The molecule has 2 heterocycles. The molecule has 1 atom stereocenters. The van der Waals surface area contributed by atoms with Gasteiger partial charge in [-0.15, -0.1) is 0 Å². The van der Waals surface area contributed by atoms with Crippen LogP contribution in [0.2, 0.25) is 0 Å². The normalized spacial score (nSPS) is 17.0. The maximum absolute atomic E-state index is 13.2. The summed E-state index contributed by atoms with van der Waals surface area (Å²) in [5, 5.41) is 5.91. The topological polar surface area (TPSA) is 74.3 Å². The molecule has 6 nitrogen and oxygen atoms in total. The van der Waals surface area contributed by atoms with Gasteiger partial charge in [-0.3, -0.25) is 14.6 Å². The van der Waals surface area contributed by atoms with Crippen LogP contribution in [-0.2, 0) is 16.0 Å². The second-order valence-electron chi connectivity index (χ2n) is 6.18. The van der Waals surface area contributed by atoms with E-state index < -0.39 is 0 Å². The van der Waals surface area contributed by atoms with Crippen molar-refractivity contribution in [2.75, 3.05) is 26.2 Å². The number of hydrogen-bond donors (Lipinski definition) is 2. The molecule has 1 aromatic heterocycles. The maximum atomic E-state index is 13.2. The van der Waals surface area contributed by atoms with Gasteiger partial charge >= 0.3 is 0 Å². The fourth-order valence-corrected chi connectivity index (χ4v) is 3.04. The fraction of sp³-hybridized carbons (Fsp3) is 0.316. The first-order chi connectivity index (χ1) is 12.6. The summed E-state index contributed by atoms with van der Waals surface area (Å²) in [6.45, 7) is 1.84. The molecule has 1 aromatic carbocycles. The first-order valence-corrected chi connectivity index (χ1v) is 8.55. The summed E-state index contributed by atoms with van der Waals surface area (Å²) in [7, 11) is 0. The van der Waals surface area contributed by atoms with E-state index in [0.717, 1.165) is 5.56 Å². The Balaban J connectivity index is 1.57. The molecule has 0 bridgehead atoms. The number of benzene rings is 1. The highest BCUT2D eigenvalue weighted by molar-refractivity contribution is 5.86. The van der Waals surface area contributed by atoms with Crippen molar-refractivity contribution in [3.63, 3.8) is 0 Å². The highest BCUT2D eigenvalue weighted by Gasteiger charge is 2.27. The van der Waals surface area contributed by atoms with E-state index in [1.807, 2.05) is 12.1 Å². The maximum Gasteiger partial charge on any atom is 0.242 e. The molecular weight excluding hydrogens is 335 g/mol. The fourth-order valence-electron chi connectivity index (χ4n) is 3.04. The zero-order valence-corrected chi connectivity index (χ0v) is 14.3. The summed E-state index contributed by atoms with van der Waals surface area (Å²) in [6, 6.07) is 9.55. The van der Waals surface area contributed by atoms with Crippen molar-refractivity contribution >= 4 is 11.8 Å². The van der Waals surface area contributed by atoms with Crippen LogP contribution < -0.4 is 10.6 Å². The summed E-state index contributed by atoms with van der Waals surface area (Å²) in [6.07, 6.45) is 3.48. The number of piperazine rings is 1. The highest BCUT2D eigenvalue weighted by atomic mass is 19.1. The first kappa shape index (κ1) is 18.0. The van der Waals surface area contributed by atoms with Gasteiger partial charge in [0.25, 0.3) is 0 Å². The lowest BCUT2D eigenvalue weighted by molar-refractivity contribution is -0.135. The zero-order valence-electron chi connectivity index (χ0n) is 14.3. The molecule has 0 radical (unpaired) electrons. The largest absolute Gasteiger partial charge is 0.347 e. The summed E-state index contributed by atoms with van der Waals surface area (Å²) < 4.78 is 13.2. The Bertz CT molecular complexity index is 769. The van der Waals surface area contributed by atoms with Crippen LogP contribution in [-0.4, -0.2) is 47.9 Å². The molecule has 3 rings (SSSR count). The highest BCUT2D eigenvalue weighted by Crippen LogP contribution is 2.21. The molecular formula is C19H21FN4O2. The minimum absolute atomic E-state index is 0.0403. The number of hydrogen-bond acceptors (Lipinski definition) is 4. The van der Waals surface area contributed by atoms with Crippen LogP contribution >= 0.6 is 0 Å². The van der Waals surface area contributed by atoms with Crippen LogP contribution in [0.1, 0.15) is 17.2 Å². The quantitative estimate of drug-likeness (QED) is 0.840. The Morgan fingerprint density at radius 3 is 2.96 bits per heavy atom. The lowest BCUT2D eigenvalue weighted by atomic mass is 10.1. The predicted molar refractivity (Wildman–Crippen MR) is 94.7 cm³/mol. The summed E-state index contributed by atoms with van der Waals surface area (Å²) in [5.41, 5.74) is 1.53. The first-order valence-electron chi connectivity index (χ1n) is 8.55. The van der Waals surface area contributed by atoms with Gasteiger partial charge in [0.05, 0.1) is 19.0 Å². The molecule has 136 valence electrons. The lowest BCUT2D eigenvalue weighted by Gasteiger charge is -2.36. The number of nitrogens with zero attached hydrogens (tertiary/aromatic N) is 2. The van der Waals surface area contributed by atoms with E-state index in [4.69, 9.17) is 0 Å². The van der Waals surface area contributed by atoms with Gasteiger partial charge in [0, 0.05) is 32.0 Å². The molecule has 2 amide bonds. The molecule has 1 fully saturated rings. The molecule has 0 aliphatic carbocycles. The van der Waals surface area contributed by atoms with Gasteiger partial charge in [-0.2, -0.15) is 0 Å². The van der Waals surface area contributed by atoms with Gasteiger partial charge in [0.1, 0.15) is 5.82 Å². The third-order valence-corrected chi connectivity index (χ3v) is 4.32. The van der Waals surface area contributed by atoms with Gasteiger partial charge in [0.15, 0.2) is 0 Å². The molecule has 0 spiro atoms. The Labute approximate surface area is 151 Å². The van der Waals surface area contributed by atoms with Gasteiger partial charge in [-0.05, 0) is 29.3 Å². The third-order valence-electron chi connectivity index (χ3n) is 4.32. The van der Waals surface area contributed by atoms with Crippen LogP contribution in [0.15, 0.2) is 48.8 Å². The van der Waals surface area contributed by atoms with Crippen molar-refractivity contribution in [2.45, 2.75) is 12.5 Å². The van der Waals surface area contributed by atoms with Gasteiger partial charge in [-0.1, -0.05) is 18.2 Å². The number of halogens is 1. The summed E-state index contributed by atoms with van der Waals surface area (Å²) in [4.78, 5) is 30.5. The minimum atomic E-state index is -0.383. The summed E-state index contributed by atoms with van der Waals surface area (Å²) >= 11 is 0. The molecule has 1 aliphatic rings. The van der Waals surface area contributed by atoms with E-state index in [1.54, 1.807) is 29.4 Å². The lowest BCUT2D eigenvalue weighted by Crippen LogP contribution is -2.51. The zero-order chi connectivity index (χ0) is 18.4. The summed E-state index contributed by atoms with van der Waals surface area (Å²) in [5.74, 6) is -0.837. The van der Waals surface area contributed by atoms with E-state index in [2.05, 4.69) is 15.6 Å². The second-order valence-corrected chi connectivity index (χ2v) is 6.18. The number of carbonyl (C=O) groups excluding carboxylic acids is 2. The number of amides is 2. The van der Waals surface area contributed by atoms with Crippen LogP contribution in [0, 0.1) is 5.82 Å². The monoisotopic (exact) mass is 356 g/mol. The molecule has 2 N–H and O–H groups in total. The Kier molecular flexibility index (Phi) is 5.91. The van der Waals surface area contributed by atoms with E-state index in [-0.39, 0.29) is 36.6 Å². The van der Waals surface area contributed by atoms with Gasteiger partial charge in [-0.25, -0.2) is 4.39 Å². The Morgan fingerprint density at radius 2 is 2.19 bits per heavy atom. The van der Waals surface area contributed by atoms with Crippen molar-refractivity contribution in [3.8, 4) is 0 Å². The SMILES string of the molecule is O=C(Cc1cccc(F)c1)NCC(=O)N1CCNCC1c1cccnc1. The molecule has 1 aliphatic heterocycles. The van der Waals surface area contributed by atoms with E-state index in [0.29, 0.717) is 25.2 Å². The van der Waals surface area contributed by atoms with Crippen molar-refractivity contribution in [2.24, 2.45) is 0 Å². The van der Waals surface area contributed by atoms with Crippen molar-refractivity contribution in [1.82, 2.24) is 20.5 Å². The third kappa shape index (κ3) is 4.64. The number of pyridine rings is 1. The Morgan fingerprint density at radius 1 is 1.31 bits per heavy atom. The molecule has 26 heavy (non-hydrogen) atoms. The van der Waals surface area contributed by atoms with Crippen LogP contribution in [0.25, 0.3) is 0 Å². The molecule has 2 aromatic rings. The van der Waals surface area contributed by atoms with Crippen LogP contribution in [0.3, 0.4) is 0 Å². The molecule has 1 saturated heterocycles. The number of carbonyl (C=O) groups is 2. The van der Waals surface area contributed by atoms with Crippen LogP contribution in [0.5, 0.6) is 0 Å². The molecule has 0 saturated carbocycles. The van der Waals surface area contributed by atoms with Crippen molar-refractivity contribution in [3.05, 3.63) is 65.7 Å². The average Bonchev–Trinajstić information content (AvgIpc) is 2.67. The predicted octanol–water partition coefficient (Wildman–Crippen LogP) is 1.05. The van der Waals surface area contributed by atoms with Crippen molar-refractivity contribution in [1.29, 1.82) is 0 Å².